The van der Waals surface area contributed by atoms with Gasteiger partial charge in [-0.05, 0) is 119 Å². The summed E-state index contributed by atoms with van der Waals surface area (Å²) in [5.74, 6) is 0.420. The predicted molar refractivity (Wildman–Crippen MR) is 221 cm³/mol. The zero-order chi connectivity index (χ0) is 35.0. The largest absolute Gasteiger partial charge is 0.309 e. The summed E-state index contributed by atoms with van der Waals surface area (Å²) in [7, 11) is 0. The number of aromatic nitrogens is 2. The van der Waals surface area contributed by atoms with E-state index in [2.05, 4.69) is 179 Å². The van der Waals surface area contributed by atoms with Gasteiger partial charge in [0.1, 0.15) is 0 Å². The normalized spacial score (nSPS) is 16.1. The van der Waals surface area contributed by atoms with Crippen molar-refractivity contribution in [1.82, 2.24) is 9.13 Å². The maximum atomic E-state index is 9.52. The lowest BCUT2D eigenvalue weighted by molar-refractivity contribution is 0.881. The second-order valence-electron chi connectivity index (χ2n) is 14.0. The predicted octanol–water partition coefficient (Wildman–Crippen LogP) is 12.8. The van der Waals surface area contributed by atoms with E-state index < -0.39 is 0 Å². The minimum atomic E-state index is 0.420. The molecule has 0 saturated heterocycles. The molecule has 0 radical (unpaired) electrons. The molecule has 0 amide bonds. The van der Waals surface area contributed by atoms with Gasteiger partial charge in [-0.2, -0.15) is 5.26 Å². The average Bonchev–Trinajstić information content (AvgIpc) is 3.88. The Balaban J connectivity index is 1.10. The third-order valence-electron chi connectivity index (χ3n) is 11.1. The van der Waals surface area contributed by atoms with Gasteiger partial charge in [-0.3, -0.25) is 0 Å². The lowest BCUT2D eigenvalue weighted by Crippen LogP contribution is -2.06. The van der Waals surface area contributed by atoms with Crippen LogP contribution in [0.2, 0.25) is 0 Å². The van der Waals surface area contributed by atoms with Gasteiger partial charge in [-0.15, -0.1) is 11.8 Å². The molecule has 0 spiro atoms. The number of nitrogens with zero attached hydrogens (tertiary/aromatic N) is 3. The third kappa shape index (κ3) is 4.68. The van der Waals surface area contributed by atoms with Crippen molar-refractivity contribution in [3.8, 4) is 39.7 Å². The van der Waals surface area contributed by atoms with Crippen molar-refractivity contribution >= 4 is 55.4 Å². The van der Waals surface area contributed by atoms with Gasteiger partial charge in [0.25, 0.3) is 0 Å². The molecule has 0 saturated carbocycles. The molecule has 4 heteroatoms. The zero-order valence-corrected chi connectivity index (χ0v) is 29.5. The van der Waals surface area contributed by atoms with Crippen LogP contribution in [0, 0.1) is 11.3 Å². The molecular formula is C49H31N3S. The molecule has 3 heterocycles. The summed E-state index contributed by atoms with van der Waals surface area (Å²) in [4.78, 5) is 1.38. The van der Waals surface area contributed by atoms with Crippen LogP contribution in [0.15, 0.2) is 181 Å². The lowest BCUT2D eigenvalue weighted by atomic mass is 9.90. The van der Waals surface area contributed by atoms with Crippen molar-refractivity contribution in [2.75, 3.05) is 0 Å². The lowest BCUT2D eigenvalue weighted by Gasteiger charge is -2.15. The van der Waals surface area contributed by atoms with E-state index in [1.165, 1.54) is 65.3 Å². The highest BCUT2D eigenvalue weighted by molar-refractivity contribution is 8.00. The van der Waals surface area contributed by atoms with Gasteiger partial charge in [0.15, 0.2) is 0 Å². The molecule has 1 aliphatic carbocycles. The first-order valence-electron chi connectivity index (χ1n) is 18.1. The molecule has 0 N–H and O–H groups in total. The Kier molecular flexibility index (Phi) is 6.68. The van der Waals surface area contributed by atoms with E-state index in [0.29, 0.717) is 16.7 Å². The van der Waals surface area contributed by atoms with E-state index in [9.17, 15) is 5.26 Å². The van der Waals surface area contributed by atoms with Crippen LogP contribution in [-0.4, -0.2) is 14.4 Å². The van der Waals surface area contributed by atoms with E-state index in [1.807, 2.05) is 23.9 Å². The molecule has 2 aliphatic rings. The summed E-state index contributed by atoms with van der Waals surface area (Å²) in [6.45, 7) is 0. The van der Waals surface area contributed by atoms with E-state index in [4.69, 9.17) is 0 Å². The van der Waals surface area contributed by atoms with E-state index in [-0.39, 0.29) is 0 Å². The number of thioether (sulfide) groups is 1. The second-order valence-corrected chi connectivity index (χ2v) is 15.2. The van der Waals surface area contributed by atoms with Crippen molar-refractivity contribution < 1.29 is 0 Å². The molecule has 2 atom stereocenters. The Hall–Kier alpha value is -6.54. The quantitative estimate of drug-likeness (QED) is 0.184. The standard InChI is InChI=1S/C49H31N3S/c50-30-31-14-20-37(21-15-31)52-46-23-17-33(32-16-22-45-40(26-32)38-10-4-6-12-44(38)51(45)36-8-2-1-3-9-36)27-41(46)42-28-34(18-24-47(42)52)35-19-25-49-43(29-35)39-11-5-7-13-48(39)53-49/h1-29,39,48H. The van der Waals surface area contributed by atoms with Crippen LogP contribution in [0.1, 0.15) is 17.0 Å². The third-order valence-corrected chi connectivity index (χ3v) is 12.4. The summed E-state index contributed by atoms with van der Waals surface area (Å²) in [5, 5.41) is 14.9. The summed E-state index contributed by atoms with van der Waals surface area (Å²) in [6.07, 6.45) is 9.04. The molecule has 248 valence electrons. The highest BCUT2D eigenvalue weighted by Crippen LogP contribution is 2.49. The molecule has 3 nitrogen and oxygen atoms in total. The van der Waals surface area contributed by atoms with Crippen LogP contribution in [0.3, 0.4) is 0 Å². The van der Waals surface area contributed by atoms with Gasteiger partial charge in [-0.1, -0.05) is 85.0 Å². The van der Waals surface area contributed by atoms with Crippen LogP contribution >= 0.6 is 11.8 Å². The molecule has 7 aromatic carbocycles. The minimum absolute atomic E-state index is 0.420. The fourth-order valence-corrected chi connectivity index (χ4v) is 9.90. The van der Waals surface area contributed by atoms with Gasteiger partial charge in [0, 0.05) is 49.0 Å². The van der Waals surface area contributed by atoms with E-state index >= 15 is 0 Å². The Morgan fingerprint density at radius 2 is 1.00 bits per heavy atom. The molecule has 2 aromatic heterocycles. The number of rotatable bonds is 4. The first-order chi connectivity index (χ1) is 26.2. The first kappa shape index (κ1) is 30.1. The van der Waals surface area contributed by atoms with E-state index in [1.54, 1.807) is 0 Å². The minimum Gasteiger partial charge on any atom is -0.309 e. The number of para-hydroxylation sites is 2. The number of hydrogen-bond donors (Lipinski definition) is 0. The van der Waals surface area contributed by atoms with Crippen molar-refractivity contribution in [2.45, 2.75) is 16.1 Å². The summed E-state index contributed by atoms with van der Waals surface area (Å²) < 4.78 is 4.70. The Morgan fingerprint density at radius 3 is 1.66 bits per heavy atom. The molecule has 1 aliphatic heterocycles. The summed E-state index contributed by atoms with van der Waals surface area (Å²) >= 11 is 1.97. The van der Waals surface area contributed by atoms with Crippen molar-refractivity contribution in [2.24, 2.45) is 0 Å². The van der Waals surface area contributed by atoms with E-state index in [0.717, 1.165) is 22.4 Å². The Labute approximate surface area is 311 Å². The maximum absolute atomic E-state index is 9.52. The molecule has 9 aromatic rings. The van der Waals surface area contributed by atoms with Gasteiger partial charge in [0.2, 0.25) is 0 Å². The number of hydrogen-bond acceptors (Lipinski definition) is 2. The number of benzene rings is 7. The number of allylic oxidation sites excluding steroid dienone is 3. The van der Waals surface area contributed by atoms with Gasteiger partial charge in [0.05, 0.1) is 33.7 Å². The number of fused-ring (bicyclic) bond motifs is 9. The fourth-order valence-electron chi connectivity index (χ4n) is 8.58. The van der Waals surface area contributed by atoms with Crippen LogP contribution in [-0.2, 0) is 0 Å². The molecular weight excluding hydrogens is 663 g/mol. The van der Waals surface area contributed by atoms with Crippen LogP contribution < -0.4 is 0 Å². The van der Waals surface area contributed by atoms with Gasteiger partial charge < -0.3 is 9.13 Å². The molecule has 0 fully saturated rings. The van der Waals surface area contributed by atoms with Crippen LogP contribution in [0.5, 0.6) is 0 Å². The Bertz CT molecular complexity index is 3040. The molecule has 53 heavy (non-hydrogen) atoms. The molecule has 2 unspecified atom stereocenters. The Morgan fingerprint density at radius 1 is 0.472 bits per heavy atom. The van der Waals surface area contributed by atoms with Crippen molar-refractivity contribution in [3.05, 3.63) is 187 Å². The monoisotopic (exact) mass is 693 g/mol. The smallest absolute Gasteiger partial charge is 0.0991 e. The summed E-state index contributed by atoms with van der Waals surface area (Å²) in [5.41, 5.74) is 13.8. The SMILES string of the molecule is N#Cc1ccc(-n2c3ccc(-c4ccc5c(c4)C4C=CC=CC4S5)cc3c3cc(-c4ccc5c(c4)c4ccccc4n5-c4ccccc4)ccc32)cc1. The number of nitriles is 1. The van der Waals surface area contributed by atoms with Gasteiger partial charge in [-0.25, -0.2) is 0 Å². The van der Waals surface area contributed by atoms with Crippen molar-refractivity contribution in [3.63, 3.8) is 0 Å². The van der Waals surface area contributed by atoms with Crippen LogP contribution in [0.4, 0.5) is 0 Å². The second kappa shape index (κ2) is 11.7. The average molecular weight is 694 g/mol. The molecule has 11 rings (SSSR count). The summed E-state index contributed by atoms with van der Waals surface area (Å²) in [6, 6.07) is 57.2. The molecule has 0 bridgehead atoms. The highest BCUT2D eigenvalue weighted by atomic mass is 32.2. The van der Waals surface area contributed by atoms with Crippen LogP contribution in [0.25, 0.3) is 77.2 Å². The van der Waals surface area contributed by atoms with Gasteiger partial charge >= 0.3 is 0 Å². The van der Waals surface area contributed by atoms with Crippen molar-refractivity contribution in [1.29, 1.82) is 5.26 Å². The fraction of sp³-hybridized carbons (Fsp3) is 0.0408. The topological polar surface area (TPSA) is 33.6 Å². The first-order valence-corrected chi connectivity index (χ1v) is 18.9. The highest BCUT2D eigenvalue weighted by Gasteiger charge is 2.31. The zero-order valence-electron chi connectivity index (χ0n) is 28.6. The maximum Gasteiger partial charge on any atom is 0.0991 e.